The summed E-state index contributed by atoms with van der Waals surface area (Å²) in [5, 5.41) is 2.62. The number of ether oxygens (including phenoxy) is 1. The zero-order valence-corrected chi connectivity index (χ0v) is 18.7. The molecule has 4 aromatic rings. The van der Waals surface area contributed by atoms with Crippen LogP contribution in [-0.2, 0) is 10.0 Å². The van der Waals surface area contributed by atoms with Crippen molar-refractivity contribution in [3.63, 3.8) is 0 Å². The minimum Gasteiger partial charge on any atom is -0.495 e. The van der Waals surface area contributed by atoms with Gasteiger partial charge in [-0.15, -0.1) is 0 Å². The van der Waals surface area contributed by atoms with E-state index in [2.05, 4.69) is 15.0 Å². The van der Waals surface area contributed by atoms with Gasteiger partial charge in [-0.3, -0.25) is 9.52 Å². The largest absolute Gasteiger partial charge is 0.495 e. The Labute approximate surface area is 191 Å². The van der Waals surface area contributed by atoms with Gasteiger partial charge in [0.25, 0.3) is 15.9 Å². The van der Waals surface area contributed by atoms with Gasteiger partial charge in [0.1, 0.15) is 10.6 Å². The summed E-state index contributed by atoms with van der Waals surface area (Å²) < 4.78 is 39.3. The second-order valence-electron chi connectivity index (χ2n) is 7.19. The number of aryl methyl sites for hydroxylation is 1. The van der Waals surface area contributed by atoms with Crippen LogP contribution in [0.2, 0.25) is 0 Å². The summed E-state index contributed by atoms with van der Waals surface area (Å²) in [5.74, 6) is -0.180. The van der Waals surface area contributed by atoms with Crippen LogP contribution in [0.1, 0.15) is 16.2 Å². The van der Waals surface area contributed by atoms with E-state index in [-0.39, 0.29) is 22.2 Å². The molecule has 0 saturated heterocycles. The van der Waals surface area contributed by atoms with E-state index in [4.69, 9.17) is 9.15 Å². The van der Waals surface area contributed by atoms with Crippen molar-refractivity contribution in [3.8, 4) is 17.1 Å². The lowest BCUT2D eigenvalue weighted by molar-refractivity contribution is 0.0991. The zero-order chi connectivity index (χ0) is 23.4. The number of nitrogens with one attached hydrogen (secondary N) is 2. The summed E-state index contributed by atoms with van der Waals surface area (Å²) in [4.78, 5) is 16.5. The molecule has 9 heteroatoms. The van der Waals surface area contributed by atoms with E-state index >= 15 is 0 Å². The van der Waals surface area contributed by atoms with Crippen LogP contribution in [0.25, 0.3) is 11.3 Å². The third-order valence-corrected chi connectivity index (χ3v) is 6.18. The molecule has 0 bridgehead atoms. The minimum atomic E-state index is -3.99. The maximum atomic E-state index is 13.0. The van der Waals surface area contributed by atoms with Crippen molar-refractivity contribution in [1.82, 2.24) is 4.98 Å². The van der Waals surface area contributed by atoms with Crippen LogP contribution in [-0.4, -0.2) is 26.4 Å². The van der Waals surface area contributed by atoms with Gasteiger partial charge in [0.15, 0.2) is 5.76 Å². The van der Waals surface area contributed by atoms with Crippen LogP contribution in [0, 0.1) is 6.92 Å². The number of carbonyl (C=O) groups is 1. The van der Waals surface area contributed by atoms with Gasteiger partial charge in [-0.1, -0.05) is 48.0 Å². The van der Waals surface area contributed by atoms with Crippen LogP contribution < -0.4 is 14.8 Å². The van der Waals surface area contributed by atoms with Crippen LogP contribution >= 0.6 is 0 Å². The highest BCUT2D eigenvalue weighted by molar-refractivity contribution is 7.92. The number of methoxy groups -OCH3 is 1. The van der Waals surface area contributed by atoms with Gasteiger partial charge in [-0.05, 0) is 37.3 Å². The first kappa shape index (κ1) is 22.1. The van der Waals surface area contributed by atoms with Crippen molar-refractivity contribution in [2.24, 2.45) is 0 Å². The maximum absolute atomic E-state index is 13.0. The van der Waals surface area contributed by atoms with E-state index in [0.717, 1.165) is 11.1 Å². The van der Waals surface area contributed by atoms with Crippen LogP contribution in [0.4, 0.5) is 11.4 Å². The first-order chi connectivity index (χ1) is 15.9. The van der Waals surface area contributed by atoms with Crippen molar-refractivity contribution >= 4 is 27.3 Å². The molecule has 0 fully saturated rings. The van der Waals surface area contributed by atoms with Crippen LogP contribution in [0.3, 0.4) is 0 Å². The summed E-state index contributed by atoms with van der Waals surface area (Å²) in [5.41, 5.74) is 2.43. The van der Waals surface area contributed by atoms with Gasteiger partial charge in [0, 0.05) is 16.9 Å². The van der Waals surface area contributed by atoms with Gasteiger partial charge in [-0.25, -0.2) is 13.4 Å². The molecule has 1 heterocycles. The molecule has 0 aliphatic heterocycles. The molecule has 0 radical (unpaired) electrons. The van der Waals surface area contributed by atoms with Gasteiger partial charge in [0.05, 0.1) is 13.3 Å². The number of carbonyl (C=O) groups excluding carboxylic acids is 1. The average Bonchev–Trinajstić information content (AvgIpc) is 3.32. The number of anilines is 2. The first-order valence-corrected chi connectivity index (χ1v) is 11.4. The number of oxazole rings is 1. The molecule has 1 amide bonds. The van der Waals surface area contributed by atoms with E-state index in [9.17, 15) is 13.2 Å². The van der Waals surface area contributed by atoms with Crippen molar-refractivity contribution in [2.75, 3.05) is 17.1 Å². The number of benzene rings is 3. The molecule has 33 heavy (non-hydrogen) atoms. The van der Waals surface area contributed by atoms with Crippen LogP contribution in [0.15, 0.2) is 88.3 Å². The molecular weight excluding hydrogens is 442 g/mol. The second kappa shape index (κ2) is 9.17. The Morgan fingerprint density at radius 1 is 0.970 bits per heavy atom. The van der Waals surface area contributed by atoms with Gasteiger partial charge in [0.2, 0.25) is 0 Å². The number of nitrogens with zero attached hydrogens (tertiary/aromatic N) is 1. The Balaban J connectivity index is 1.57. The van der Waals surface area contributed by atoms with E-state index < -0.39 is 15.9 Å². The lowest BCUT2D eigenvalue weighted by Crippen LogP contribution is -2.16. The van der Waals surface area contributed by atoms with E-state index in [1.54, 1.807) is 24.3 Å². The standard InChI is InChI=1S/C24H21N3O5S/c1-16-8-10-18(11-9-16)27-33(29,30)22-14-19(12-13-20(22)31-2)26-23(28)24-25-15-21(32-24)17-6-4-3-5-7-17/h3-15,27H,1-2H3,(H,26,28). The molecule has 1 aromatic heterocycles. The van der Waals surface area contributed by atoms with E-state index in [0.29, 0.717) is 11.4 Å². The molecular formula is C24H21N3O5S. The quantitative estimate of drug-likeness (QED) is 0.411. The number of amides is 1. The zero-order valence-electron chi connectivity index (χ0n) is 17.9. The summed E-state index contributed by atoms with van der Waals surface area (Å²) in [6, 6.07) is 20.5. The number of hydrogen-bond acceptors (Lipinski definition) is 6. The molecule has 0 aliphatic rings. The Morgan fingerprint density at radius 2 is 1.67 bits per heavy atom. The second-order valence-corrected chi connectivity index (χ2v) is 8.84. The minimum absolute atomic E-state index is 0.124. The van der Waals surface area contributed by atoms with E-state index in [1.807, 2.05) is 37.3 Å². The molecule has 0 saturated carbocycles. The highest BCUT2D eigenvalue weighted by atomic mass is 32.2. The van der Waals surface area contributed by atoms with Crippen molar-refractivity contribution < 1.29 is 22.4 Å². The number of aromatic nitrogens is 1. The summed E-state index contributed by atoms with van der Waals surface area (Å²) in [6.07, 6.45) is 1.46. The molecule has 0 atom stereocenters. The van der Waals surface area contributed by atoms with Gasteiger partial charge < -0.3 is 14.5 Å². The number of rotatable bonds is 7. The highest BCUT2D eigenvalue weighted by Crippen LogP contribution is 2.29. The molecule has 168 valence electrons. The fourth-order valence-electron chi connectivity index (χ4n) is 3.10. The fourth-order valence-corrected chi connectivity index (χ4v) is 4.35. The molecule has 0 spiro atoms. The Kier molecular flexibility index (Phi) is 6.14. The predicted molar refractivity (Wildman–Crippen MR) is 125 cm³/mol. The third kappa shape index (κ3) is 5.04. The maximum Gasteiger partial charge on any atom is 0.311 e. The predicted octanol–water partition coefficient (Wildman–Crippen LogP) is 4.71. The normalized spacial score (nSPS) is 11.1. The lowest BCUT2D eigenvalue weighted by Gasteiger charge is -2.13. The summed E-state index contributed by atoms with van der Waals surface area (Å²) in [6.45, 7) is 1.91. The molecule has 3 aromatic carbocycles. The molecule has 4 rings (SSSR count). The van der Waals surface area contributed by atoms with E-state index in [1.165, 1.54) is 31.5 Å². The van der Waals surface area contributed by atoms with Gasteiger partial charge >= 0.3 is 5.91 Å². The number of hydrogen-bond donors (Lipinski definition) is 2. The smallest absolute Gasteiger partial charge is 0.311 e. The molecule has 0 unspecified atom stereocenters. The molecule has 8 nitrogen and oxygen atoms in total. The SMILES string of the molecule is COc1ccc(NC(=O)c2ncc(-c3ccccc3)o2)cc1S(=O)(=O)Nc1ccc(C)cc1. The van der Waals surface area contributed by atoms with Crippen molar-refractivity contribution in [3.05, 3.63) is 90.4 Å². The van der Waals surface area contributed by atoms with Crippen molar-refractivity contribution in [1.29, 1.82) is 0 Å². The lowest BCUT2D eigenvalue weighted by atomic mass is 10.2. The Bertz CT molecular complexity index is 1380. The Hall–Kier alpha value is -4.11. The summed E-state index contributed by atoms with van der Waals surface area (Å²) in [7, 11) is -2.62. The molecule has 0 aliphatic carbocycles. The summed E-state index contributed by atoms with van der Waals surface area (Å²) >= 11 is 0. The average molecular weight is 464 g/mol. The Morgan fingerprint density at radius 3 is 2.36 bits per heavy atom. The van der Waals surface area contributed by atoms with Crippen LogP contribution in [0.5, 0.6) is 5.75 Å². The number of sulfonamides is 1. The molecule has 2 N–H and O–H groups in total. The van der Waals surface area contributed by atoms with Crippen molar-refractivity contribution in [2.45, 2.75) is 11.8 Å². The topological polar surface area (TPSA) is 111 Å². The first-order valence-electron chi connectivity index (χ1n) is 9.96. The third-order valence-electron chi connectivity index (χ3n) is 4.77. The monoisotopic (exact) mass is 463 g/mol. The fraction of sp³-hybridized carbons (Fsp3) is 0.0833. The van der Waals surface area contributed by atoms with Gasteiger partial charge in [-0.2, -0.15) is 0 Å². The highest BCUT2D eigenvalue weighted by Gasteiger charge is 2.22.